The van der Waals surface area contributed by atoms with Gasteiger partial charge in [0.1, 0.15) is 0 Å². The Balaban J connectivity index is 3.72. The number of aliphatic carboxylic acids is 1. The lowest BCUT2D eigenvalue weighted by Crippen LogP contribution is -2.14. The van der Waals surface area contributed by atoms with E-state index >= 15 is 0 Å². The van der Waals surface area contributed by atoms with Crippen molar-refractivity contribution >= 4 is 34.5 Å². The second-order valence-corrected chi connectivity index (χ2v) is 4.55. The van der Waals surface area contributed by atoms with Crippen LogP contribution in [0.2, 0.25) is 0 Å². The predicted octanol–water partition coefficient (Wildman–Crippen LogP) is 2.14. The Morgan fingerprint density at radius 3 is 2.40 bits per heavy atom. The van der Waals surface area contributed by atoms with Gasteiger partial charge in [-0.2, -0.15) is 12.6 Å². The van der Waals surface area contributed by atoms with E-state index in [0.29, 0.717) is 12.8 Å². The SMILES string of the molecule is CCC(CC(S)Br)C(=O)O. The van der Waals surface area contributed by atoms with Crippen molar-refractivity contribution in [1.82, 2.24) is 0 Å². The van der Waals surface area contributed by atoms with Gasteiger partial charge in [0, 0.05) is 0 Å². The maximum absolute atomic E-state index is 10.4. The predicted molar refractivity (Wildman–Crippen MR) is 47.7 cm³/mol. The highest BCUT2D eigenvalue weighted by molar-refractivity contribution is 9.11. The van der Waals surface area contributed by atoms with E-state index in [0.717, 1.165) is 0 Å². The van der Waals surface area contributed by atoms with Crippen LogP contribution in [0, 0.1) is 5.92 Å². The number of carbonyl (C=O) groups is 1. The molecule has 2 unspecified atom stereocenters. The third-order valence-electron chi connectivity index (χ3n) is 1.32. The Hall–Kier alpha value is 0.300. The monoisotopic (exact) mass is 226 g/mol. The van der Waals surface area contributed by atoms with Crippen molar-refractivity contribution in [2.45, 2.75) is 23.9 Å². The van der Waals surface area contributed by atoms with E-state index in [4.69, 9.17) is 5.11 Å². The van der Waals surface area contributed by atoms with Crippen LogP contribution in [0.25, 0.3) is 0 Å². The number of hydrogen-bond acceptors (Lipinski definition) is 2. The van der Waals surface area contributed by atoms with Crippen molar-refractivity contribution in [3.63, 3.8) is 0 Å². The van der Waals surface area contributed by atoms with Crippen LogP contribution in [-0.4, -0.2) is 15.2 Å². The van der Waals surface area contributed by atoms with Crippen LogP contribution >= 0.6 is 28.6 Å². The number of thiol groups is 1. The Bertz CT molecular complexity index is 116. The van der Waals surface area contributed by atoms with E-state index < -0.39 is 5.97 Å². The van der Waals surface area contributed by atoms with Crippen molar-refractivity contribution in [3.8, 4) is 0 Å². The van der Waals surface area contributed by atoms with Crippen LogP contribution in [0.4, 0.5) is 0 Å². The largest absolute Gasteiger partial charge is 0.481 e. The van der Waals surface area contributed by atoms with Gasteiger partial charge in [0.15, 0.2) is 0 Å². The molecule has 2 nitrogen and oxygen atoms in total. The molecule has 0 saturated heterocycles. The lowest BCUT2D eigenvalue weighted by Gasteiger charge is -2.09. The zero-order valence-corrected chi connectivity index (χ0v) is 8.23. The molecule has 60 valence electrons. The highest BCUT2D eigenvalue weighted by Gasteiger charge is 2.16. The summed E-state index contributed by atoms with van der Waals surface area (Å²) in [6, 6.07) is 0. The number of halogens is 1. The molecule has 1 N–H and O–H groups in total. The van der Waals surface area contributed by atoms with E-state index in [1.165, 1.54) is 0 Å². The summed E-state index contributed by atoms with van der Waals surface area (Å²) < 4.78 is -0.00597. The first-order valence-electron chi connectivity index (χ1n) is 3.12. The maximum Gasteiger partial charge on any atom is 0.306 e. The minimum atomic E-state index is -0.735. The number of carboxylic acids is 1. The molecule has 4 heteroatoms. The number of alkyl halides is 1. The van der Waals surface area contributed by atoms with Gasteiger partial charge >= 0.3 is 5.97 Å². The van der Waals surface area contributed by atoms with Crippen molar-refractivity contribution < 1.29 is 9.90 Å². The van der Waals surface area contributed by atoms with Gasteiger partial charge < -0.3 is 5.11 Å². The zero-order chi connectivity index (χ0) is 8.15. The number of hydrogen-bond donors (Lipinski definition) is 2. The summed E-state index contributed by atoms with van der Waals surface area (Å²) >= 11 is 7.22. The van der Waals surface area contributed by atoms with Gasteiger partial charge in [-0.3, -0.25) is 4.79 Å². The number of rotatable bonds is 4. The molecule has 0 spiro atoms. The topological polar surface area (TPSA) is 37.3 Å². The summed E-state index contributed by atoms with van der Waals surface area (Å²) in [6.45, 7) is 1.86. The first-order chi connectivity index (χ1) is 4.57. The molecule has 0 rings (SSSR count). The minimum absolute atomic E-state index is 0.00597. The lowest BCUT2D eigenvalue weighted by molar-refractivity contribution is -0.141. The molecule has 0 bridgehead atoms. The molecule has 0 amide bonds. The van der Waals surface area contributed by atoms with Crippen LogP contribution in [-0.2, 0) is 4.79 Å². The van der Waals surface area contributed by atoms with Crippen molar-refractivity contribution in [2.24, 2.45) is 5.92 Å². The second kappa shape index (κ2) is 5.02. The van der Waals surface area contributed by atoms with Gasteiger partial charge in [0.2, 0.25) is 0 Å². The Morgan fingerprint density at radius 1 is 1.80 bits per heavy atom. The third-order valence-corrected chi connectivity index (χ3v) is 1.91. The first-order valence-corrected chi connectivity index (χ1v) is 4.56. The fourth-order valence-electron chi connectivity index (χ4n) is 0.677. The van der Waals surface area contributed by atoms with Gasteiger partial charge in [0.05, 0.1) is 10.1 Å². The molecule has 0 aromatic heterocycles. The highest BCUT2D eigenvalue weighted by Crippen LogP contribution is 2.18. The normalized spacial score (nSPS) is 16.3. The van der Waals surface area contributed by atoms with Crippen LogP contribution in [0.15, 0.2) is 0 Å². The molecule has 0 aliphatic rings. The van der Waals surface area contributed by atoms with Gasteiger partial charge in [-0.15, -0.1) is 0 Å². The van der Waals surface area contributed by atoms with Crippen molar-refractivity contribution in [3.05, 3.63) is 0 Å². The zero-order valence-electron chi connectivity index (χ0n) is 5.75. The smallest absolute Gasteiger partial charge is 0.306 e. The molecule has 0 radical (unpaired) electrons. The summed E-state index contributed by atoms with van der Waals surface area (Å²) in [5.41, 5.74) is 0. The molecule has 2 atom stereocenters. The van der Waals surface area contributed by atoms with Crippen LogP contribution in [0.1, 0.15) is 19.8 Å². The maximum atomic E-state index is 10.4. The molecular formula is C6H11BrO2S. The highest BCUT2D eigenvalue weighted by atomic mass is 79.9. The molecule has 0 aliphatic heterocycles. The van der Waals surface area contributed by atoms with E-state index in [2.05, 4.69) is 28.6 Å². The van der Waals surface area contributed by atoms with E-state index in [1.807, 2.05) is 6.92 Å². The Kier molecular flexibility index (Phi) is 5.17. The summed E-state index contributed by atoms with van der Waals surface area (Å²) in [4.78, 5) is 10.4. The molecule has 0 heterocycles. The van der Waals surface area contributed by atoms with Gasteiger partial charge in [-0.05, 0) is 12.8 Å². The van der Waals surface area contributed by atoms with Crippen molar-refractivity contribution in [2.75, 3.05) is 0 Å². The summed E-state index contributed by atoms with van der Waals surface area (Å²) in [7, 11) is 0. The van der Waals surface area contributed by atoms with Gasteiger partial charge in [0.25, 0.3) is 0 Å². The summed E-state index contributed by atoms with van der Waals surface area (Å²) in [5, 5.41) is 8.57. The first kappa shape index (κ1) is 10.3. The van der Waals surface area contributed by atoms with Crippen molar-refractivity contribution in [1.29, 1.82) is 0 Å². The van der Waals surface area contributed by atoms with Gasteiger partial charge in [-0.25, -0.2) is 0 Å². The quantitative estimate of drug-likeness (QED) is 0.570. The molecule has 0 saturated carbocycles. The molecular weight excluding hydrogens is 216 g/mol. The molecule has 0 aliphatic carbocycles. The molecule has 10 heavy (non-hydrogen) atoms. The number of carboxylic acid groups (broad SMARTS) is 1. The van der Waals surface area contributed by atoms with Crippen LogP contribution in [0.5, 0.6) is 0 Å². The minimum Gasteiger partial charge on any atom is -0.481 e. The molecule has 0 fully saturated rings. The standard InChI is InChI=1S/C6H11BrO2S/c1-2-4(6(8)9)3-5(7)10/h4-5,10H,2-3H2,1H3,(H,8,9). The Morgan fingerprint density at radius 2 is 2.30 bits per heavy atom. The Labute approximate surface area is 74.5 Å². The van der Waals surface area contributed by atoms with E-state index in [-0.39, 0.29) is 10.1 Å². The average Bonchev–Trinajstić information content (AvgIpc) is 1.81. The van der Waals surface area contributed by atoms with Gasteiger partial charge in [-0.1, -0.05) is 22.9 Å². The molecule has 0 aromatic rings. The second-order valence-electron chi connectivity index (χ2n) is 2.11. The van der Waals surface area contributed by atoms with E-state index in [9.17, 15) is 4.79 Å². The fraction of sp³-hybridized carbons (Fsp3) is 0.833. The third kappa shape index (κ3) is 4.17. The van der Waals surface area contributed by atoms with E-state index in [1.54, 1.807) is 0 Å². The average molecular weight is 227 g/mol. The van der Waals surface area contributed by atoms with Crippen LogP contribution in [0.3, 0.4) is 0 Å². The van der Waals surface area contributed by atoms with Crippen LogP contribution < -0.4 is 0 Å². The summed E-state index contributed by atoms with van der Waals surface area (Å²) in [6.07, 6.45) is 1.24. The fourth-order valence-corrected chi connectivity index (χ4v) is 1.38. The lowest BCUT2D eigenvalue weighted by atomic mass is 10.0. The summed E-state index contributed by atoms with van der Waals surface area (Å²) in [5.74, 6) is -0.997. The molecule has 0 aromatic carbocycles.